The van der Waals surface area contributed by atoms with Crippen LogP contribution in [-0.2, 0) is 10.3 Å². The van der Waals surface area contributed by atoms with Gasteiger partial charge in [0.25, 0.3) is 0 Å². The molecule has 1 aromatic carbocycles. The summed E-state index contributed by atoms with van der Waals surface area (Å²) in [4.78, 5) is 36.3. The Kier molecular flexibility index (Phi) is 7.73. The van der Waals surface area contributed by atoms with Crippen molar-refractivity contribution in [2.75, 3.05) is 17.2 Å². The summed E-state index contributed by atoms with van der Waals surface area (Å²) in [5, 5.41) is 7.58. The number of primary amides is 1. The van der Waals surface area contributed by atoms with Crippen LogP contribution in [0.5, 0.6) is 0 Å². The number of alkyl halides is 3. The molecule has 3 aromatic heterocycles. The lowest BCUT2D eigenvalue weighted by Gasteiger charge is -2.36. The van der Waals surface area contributed by atoms with E-state index in [0.29, 0.717) is 28.2 Å². The van der Waals surface area contributed by atoms with Gasteiger partial charge in [-0.1, -0.05) is 13.8 Å². The molecule has 1 atom stereocenters. The van der Waals surface area contributed by atoms with Crippen molar-refractivity contribution in [1.29, 1.82) is 0 Å². The van der Waals surface area contributed by atoms with Crippen molar-refractivity contribution in [2.45, 2.75) is 25.6 Å². The van der Waals surface area contributed by atoms with E-state index in [-0.39, 0.29) is 16.9 Å². The number of hydrogen-bond acceptors (Lipinski definition) is 5. The summed E-state index contributed by atoms with van der Waals surface area (Å²) in [6.07, 6.45) is 1.06. The summed E-state index contributed by atoms with van der Waals surface area (Å²) in [7, 11) is 0. The van der Waals surface area contributed by atoms with Crippen molar-refractivity contribution in [3.05, 3.63) is 72.3 Å². The van der Waals surface area contributed by atoms with Crippen LogP contribution in [0.15, 0.2) is 55.1 Å². The first-order valence-electron chi connectivity index (χ1n) is 11.9. The molecular formula is C26H24F5N7O2. The number of aromatic amines is 1. The summed E-state index contributed by atoms with van der Waals surface area (Å²) in [6, 6.07) is 4.95. The SMILES string of the molecule is CC(C)[C@](NCC(F)(F)F)(C(N)=O)c1cncc(-c2c[nH]c3ncc(NC(=O)Nc4ccc(F)cc4F)cc23)c1. The number of rotatable bonds is 8. The van der Waals surface area contributed by atoms with Crippen molar-refractivity contribution < 1.29 is 31.5 Å². The number of carbonyl (C=O) groups excluding carboxylic acids is 2. The third kappa shape index (κ3) is 5.86. The maximum Gasteiger partial charge on any atom is 0.401 e. The van der Waals surface area contributed by atoms with Crippen molar-refractivity contribution in [2.24, 2.45) is 11.7 Å². The molecule has 4 rings (SSSR count). The van der Waals surface area contributed by atoms with Gasteiger partial charge in [-0.3, -0.25) is 15.1 Å². The molecule has 0 unspecified atom stereocenters. The summed E-state index contributed by atoms with van der Waals surface area (Å²) in [6.45, 7) is 1.68. The maximum atomic E-state index is 13.9. The summed E-state index contributed by atoms with van der Waals surface area (Å²) in [5.41, 5.74) is 5.24. The van der Waals surface area contributed by atoms with Crippen LogP contribution in [0.2, 0.25) is 0 Å². The van der Waals surface area contributed by atoms with Crippen molar-refractivity contribution >= 4 is 34.3 Å². The Hall–Kier alpha value is -4.59. The van der Waals surface area contributed by atoms with Gasteiger partial charge in [-0.25, -0.2) is 18.6 Å². The highest BCUT2D eigenvalue weighted by Gasteiger charge is 2.44. The number of pyridine rings is 2. The fourth-order valence-electron chi connectivity index (χ4n) is 4.38. The minimum absolute atomic E-state index is 0.133. The van der Waals surface area contributed by atoms with Gasteiger partial charge in [-0.15, -0.1) is 0 Å². The number of nitrogens with one attached hydrogen (secondary N) is 4. The Balaban J connectivity index is 1.66. The fourth-order valence-corrected chi connectivity index (χ4v) is 4.38. The number of benzene rings is 1. The molecule has 0 aliphatic heterocycles. The largest absolute Gasteiger partial charge is 0.401 e. The Labute approximate surface area is 224 Å². The van der Waals surface area contributed by atoms with E-state index in [9.17, 15) is 31.5 Å². The second-order valence-electron chi connectivity index (χ2n) is 9.28. The molecule has 4 aromatic rings. The van der Waals surface area contributed by atoms with Gasteiger partial charge >= 0.3 is 12.2 Å². The van der Waals surface area contributed by atoms with E-state index in [0.717, 1.165) is 12.1 Å². The lowest BCUT2D eigenvalue weighted by atomic mass is 9.79. The van der Waals surface area contributed by atoms with Gasteiger partial charge in [0, 0.05) is 46.7 Å². The molecule has 0 fully saturated rings. The standard InChI is InChI=1S/C26H24F5N7O2/c1-13(2)26(23(32)39,36-12-25(29,30)31)15-5-14(8-33-9-15)19-11-35-22-18(19)7-17(10-34-22)37-24(40)38-21-4-3-16(27)6-20(21)28/h3-11,13,36H,12H2,1-2H3,(H2,32,39)(H,34,35)(H2,37,38,40)/t26-/m1/s1. The zero-order valence-corrected chi connectivity index (χ0v) is 21.2. The van der Waals surface area contributed by atoms with E-state index in [1.165, 1.54) is 24.7 Å². The number of nitrogens with zero attached hydrogens (tertiary/aromatic N) is 2. The third-order valence-corrected chi connectivity index (χ3v) is 6.30. The van der Waals surface area contributed by atoms with Crippen LogP contribution in [0.3, 0.4) is 0 Å². The zero-order valence-electron chi connectivity index (χ0n) is 21.2. The Morgan fingerprint density at radius 2 is 1.80 bits per heavy atom. The first kappa shape index (κ1) is 28.4. The topological polar surface area (TPSA) is 138 Å². The lowest BCUT2D eigenvalue weighted by molar-refractivity contribution is -0.139. The average Bonchev–Trinajstić information content (AvgIpc) is 3.28. The molecule has 0 aliphatic carbocycles. The Morgan fingerprint density at radius 3 is 2.45 bits per heavy atom. The number of urea groups is 1. The summed E-state index contributed by atoms with van der Waals surface area (Å²) < 4.78 is 66.3. The van der Waals surface area contributed by atoms with E-state index in [1.807, 2.05) is 0 Å². The minimum atomic E-state index is -4.60. The van der Waals surface area contributed by atoms with E-state index >= 15 is 0 Å². The second kappa shape index (κ2) is 10.9. The van der Waals surface area contributed by atoms with Gasteiger partial charge in [0.2, 0.25) is 5.91 Å². The first-order valence-corrected chi connectivity index (χ1v) is 11.9. The van der Waals surface area contributed by atoms with Crippen LogP contribution in [0, 0.1) is 17.6 Å². The van der Waals surface area contributed by atoms with Crippen molar-refractivity contribution in [3.63, 3.8) is 0 Å². The molecule has 0 saturated heterocycles. The van der Waals surface area contributed by atoms with Gasteiger partial charge in [0.05, 0.1) is 24.1 Å². The lowest BCUT2D eigenvalue weighted by Crippen LogP contribution is -2.58. The highest BCUT2D eigenvalue weighted by atomic mass is 19.4. The van der Waals surface area contributed by atoms with Crippen molar-refractivity contribution in [1.82, 2.24) is 20.3 Å². The Morgan fingerprint density at radius 1 is 1.05 bits per heavy atom. The van der Waals surface area contributed by atoms with E-state index in [2.05, 4.69) is 30.9 Å². The smallest absolute Gasteiger partial charge is 0.368 e. The molecule has 9 nitrogen and oxygen atoms in total. The fraction of sp³-hybridized carbons (Fsp3) is 0.231. The molecule has 210 valence electrons. The summed E-state index contributed by atoms with van der Waals surface area (Å²) in [5.74, 6) is -3.42. The van der Waals surface area contributed by atoms with Gasteiger partial charge in [-0.2, -0.15) is 13.2 Å². The van der Waals surface area contributed by atoms with Gasteiger partial charge in [0.1, 0.15) is 22.8 Å². The van der Waals surface area contributed by atoms with Crippen LogP contribution in [-0.4, -0.2) is 39.6 Å². The molecule has 0 bridgehead atoms. The minimum Gasteiger partial charge on any atom is -0.368 e. The van der Waals surface area contributed by atoms with Crippen LogP contribution in [0.4, 0.5) is 38.1 Å². The molecule has 0 aliphatic rings. The van der Waals surface area contributed by atoms with E-state index < -0.39 is 47.8 Å². The number of nitrogens with two attached hydrogens (primary N) is 1. The molecule has 0 radical (unpaired) electrons. The number of anilines is 2. The summed E-state index contributed by atoms with van der Waals surface area (Å²) >= 11 is 0. The normalized spacial score (nSPS) is 13.3. The number of carbonyl (C=O) groups is 2. The number of aromatic nitrogens is 3. The highest BCUT2D eigenvalue weighted by molar-refractivity contribution is 6.02. The maximum absolute atomic E-state index is 13.9. The monoisotopic (exact) mass is 561 g/mol. The Bertz CT molecular complexity index is 1570. The third-order valence-electron chi connectivity index (χ3n) is 6.30. The van der Waals surface area contributed by atoms with Crippen LogP contribution in [0.25, 0.3) is 22.2 Å². The van der Waals surface area contributed by atoms with Crippen LogP contribution in [0.1, 0.15) is 19.4 Å². The highest BCUT2D eigenvalue weighted by Crippen LogP contribution is 2.35. The van der Waals surface area contributed by atoms with Gasteiger partial charge < -0.3 is 21.4 Å². The zero-order chi connectivity index (χ0) is 29.2. The second-order valence-corrected chi connectivity index (χ2v) is 9.28. The predicted molar refractivity (Wildman–Crippen MR) is 138 cm³/mol. The van der Waals surface area contributed by atoms with E-state index in [1.54, 1.807) is 26.1 Å². The quantitative estimate of drug-likeness (QED) is 0.192. The number of halogens is 5. The molecule has 3 heterocycles. The number of amides is 3. The first-order chi connectivity index (χ1) is 18.8. The van der Waals surface area contributed by atoms with Gasteiger partial charge in [0.15, 0.2) is 0 Å². The molecular weight excluding hydrogens is 537 g/mol. The van der Waals surface area contributed by atoms with Gasteiger partial charge in [-0.05, 0) is 30.2 Å². The number of H-pyrrole nitrogens is 1. The predicted octanol–water partition coefficient (Wildman–Crippen LogP) is 5.04. The average molecular weight is 562 g/mol. The molecule has 40 heavy (non-hydrogen) atoms. The number of fused-ring (bicyclic) bond motifs is 1. The molecule has 6 N–H and O–H groups in total. The molecule has 0 saturated carbocycles. The van der Waals surface area contributed by atoms with Crippen molar-refractivity contribution in [3.8, 4) is 11.1 Å². The molecule has 14 heteroatoms. The van der Waals surface area contributed by atoms with E-state index in [4.69, 9.17) is 5.73 Å². The molecule has 0 spiro atoms. The van der Waals surface area contributed by atoms with Crippen LogP contribution < -0.4 is 21.7 Å². The van der Waals surface area contributed by atoms with Crippen LogP contribution >= 0.6 is 0 Å². The molecule has 3 amide bonds. The number of hydrogen-bond donors (Lipinski definition) is 5.